The lowest BCUT2D eigenvalue weighted by atomic mass is 9.78. The molecule has 0 bridgehead atoms. The van der Waals surface area contributed by atoms with Gasteiger partial charge in [0.25, 0.3) is 0 Å². The zero-order valence-corrected chi connectivity index (χ0v) is 22.4. The second-order valence-electron chi connectivity index (χ2n) is 8.81. The summed E-state index contributed by atoms with van der Waals surface area (Å²) in [6.45, 7) is 1.17. The van der Waals surface area contributed by atoms with Crippen LogP contribution in [0.1, 0.15) is 44.7 Å². The highest BCUT2D eigenvalue weighted by molar-refractivity contribution is 6.31. The van der Waals surface area contributed by atoms with Crippen LogP contribution >= 0.6 is 23.2 Å². The lowest BCUT2D eigenvalue weighted by Gasteiger charge is -2.37. The maximum absolute atomic E-state index is 14.4. The molecule has 1 aromatic carbocycles. The number of benzene rings is 1. The van der Waals surface area contributed by atoms with E-state index in [1.165, 1.54) is 54.3 Å². The summed E-state index contributed by atoms with van der Waals surface area (Å²) < 4.78 is 43.1. The first-order valence-corrected chi connectivity index (χ1v) is 12.4. The predicted octanol–water partition coefficient (Wildman–Crippen LogP) is 6.60. The van der Waals surface area contributed by atoms with Crippen LogP contribution < -0.4 is 4.90 Å². The van der Waals surface area contributed by atoms with Crippen LogP contribution in [0.5, 0.6) is 0 Å². The quantitative estimate of drug-likeness (QED) is 0.189. The molecule has 0 aliphatic heterocycles. The van der Waals surface area contributed by atoms with Crippen LogP contribution in [0.2, 0.25) is 10.2 Å². The largest absolute Gasteiger partial charge is 0.478 e. The maximum Gasteiger partial charge on any atom is 0.422 e. The van der Waals surface area contributed by atoms with Gasteiger partial charge in [0.15, 0.2) is 5.60 Å². The Hall–Kier alpha value is -4.26. The highest BCUT2D eigenvalue weighted by Gasteiger charge is 2.59. The summed E-state index contributed by atoms with van der Waals surface area (Å²) in [6.07, 6.45) is -1.89. The molecule has 0 fully saturated rings. The van der Waals surface area contributed by atoms with Crippen LogP contribution in [0.3, 0.4) is 0 Å². The number of hydrogen-bond donors (Lipinski definition) is 3. The molecule has 2 unspecified atom stereocenters. The van der Waals surface area contributed by atoms with Crippen molar-refractivity contribution in [3.63, 3.8) is 0 Å². The molecule has 2 atom stereocenters. The number of nitrogens with zero attached hydrogens (tertiary/aromatic N) is 4. The summed E-state index contributed by atoms with van der Waals surface area (Å²) in [5.74, 6) is -3.74. The van der Waals surface area contributed by atoms with Gasteiger partial charge in [0, 0.05) is 29.5 Å². The van der Waals surface area contributed by atoms with Gasteiger partial charge in [-0.1, -0.05) is 36.2 Å². The van der Waals surface area contributed by atoms with E-state index in [1.807, 2.05) is 0 Å². The van der Waals surface area contributed by atoms with Gasteiger partial charge in [-0.2, -0.15) is 13.2 Å². The second-order valence-corrected chi connectivity index (χ2v) is 9.61. The first-order valence-electron chi connectivity index (χ1n) is 11.6. The zero-order valence-electron chi connectivity index (χ0n) is 20.8. The topological polar surface area (TPSA) is 137 Å². The molecule has 3 heterocycles. The monoisotopic (exact) mass is 606 g/mol. The Kier molecular flexibility index (Phi) is 8.20. The molecule has 41 heavy (non-hydrogen) atoms. The molecule has 0 saturated carbocycles. The van der Waals surface area contributed by atoms with Gasteiger partial charge in [-0.25, -0.2) is 24.5 Å². The van der Waals surface area contributed by atoms with Crippen LogP contribution in [0.25, 0.3) is 0 Å². The number of rotatable bonds is 8. The van der Waals surface area contributed by atoms with E-state index in [0.717, 1.165) is 30.7 Å². The number of carboxylic acids is 2. The number of aromatic nitrogens is 3. The molecule has 4 rings (SSSR count). The van der Waals surface area contributed by atoms with Crippen LogP contribution in [0, 0.1) is 0 Å². The summed E-state index contributed by atoms with van der Waals surface area (Å²) in [6, 6.07) is 11.3. The Balaban J connectivity index is 1.82. The molecule has 0 amide bonds. The van der Waals surface area contributed by atoms with E-state index >= 15 is 0 Å². The van der Waals surface area contributed by atoms with Gasteiger partial charge in [-0.05, 0) is 59.7 Å². The van der Waals surface area contributed by atoms with Crippen LogP contribution in [-0.2, 0) is 5.60 Å². The maximum atomic E-state index is 14.4. The summed E-state index contributed by atoms with van der Waals surface area (Å²) in [7, 11) is 0. The number of halogens is 5. The molecule has 0 saturated heterocycles. The normalized spacial score (nSPS) is 13.7. The van der Waals surface area contributed by atoms with E-state index in [2.05, 4.69) is 15.0 Å². The number of anilines is 3. The van der Waals surface area contributed by atoms with Crippen molar-refractivity contribution in [2.24, 2.45) is 0 Å². The second kappa shape index (κ2) is 11.3. The van der Waals surface area contributed by atoms with E-state index in [-0.39, 0.29) is 44.2 Å². The molecule has 0 spiro atoms. The lowest BCUT2D eigenvalue weighted by Crippen LogP contribution is -2.46. The molecule has 0 radical (unpaired) electrons. The van der Waals surface area contributed by atoms with Gasteiger partial charge in [-0.3, -0.25) is 4.90 Å². The van der Waals surface area contributed by atoms with Gasteiger partial charge in [0.1, 0.15) is 16.8 Å². The average molecular weight is 607 g/mol. The van der Waals surface area contributed by atoms with Crippen molar-refractivity contribution >= 4 is 52.5 Å². The third-order valence-corrected chi connectivity index (χ3v) is 6.92. The van der Waals surface area contributed by atoms with Crippen LogP contribution in [0.15, 0.2) is 73.2 Å². The average Bonchev–Trinajstić information content (AvgIpc) is 2.92. The first-order chi connectivity index (χ1) is 19.2. The van der Waals surface area contributed by atoms with Gasteiger partial charge < -0.3 is 15.3 Å². The van der Waals surface area contributed by atoms with E-state index in [0.29, 0.717) is 0 Å². The van der Waals surface area contributed by atoms with E-state index in [9.17, 15) is 38.1 Å². The van der Waals surface area contributed by atoms with Crippen molar-refractivity contribution in [3.05, 3.63) is 106 Å². The Labute approximate surface area is 240 Å². The van der Waals surface area contributed by atoms with Crippen molar-refractivity contribution in [2.75, 3.05) is 4.90 Å². The number of pyridine rings is 3. The Bertz CT molecular complexity index is 1550. The lowest BCUT2D eigenvalue weighted by molar-refractivity contribution is -0.274. The van der Waals surface area contributed by atoms with Gasteiger partial charge in [0.05, 0.1) is 16.8 Å². The molecular weight excluding hydrogens is 588 g/mol. The van der Waals surface area contributed by atoms with E-state index < -0.39 is 35.2 Å². The van der Waals surface area contributed by atoms with Crippen molar-refractivity contribution in [2.45, 2.75) is 24.6 Å². The molecule has 3 N–H and O–H groups in total. The molecule has 212 valence electrons. The standard InChI is InChI=1S/C27H19Cl2F3N4O5/c1-14(26(41,27(30,31)32)17-8-9-33-21(29)10-17)19-5-4-18(11-20(19)28)36(22-6-2-15(12-34-22)24(37)38)23-7-3-16(13-35-23)25(39)40/h2-14,41H,1H3,(H,37,38)(H,39,40). The Morgan fingerprint density at radius 3 is 1.83 bits per heavy atom. The number of carboxylic acid groups (broad SMARTS) is 2. The third kappa shape index (κ3) is 5.80. The van der Waals surface area contributed by atoms with Gasteiger partial charge >= 0.3 is 18.1 Å². The Morgan fingerprint density at radius 1 is 0.854 bits per heavy atom. The minimum atomic E-state index is -5.13. The Morgan fingerprint density at radius 2 is 1.41 bits per heavy atom. The zero-order chi connectivity index (χ0) is 30.1. The number of aliphatic hydroxyl groups is 1. The summed E-state index contributed by atoms with van der Waals surface area (Å²) in [5.41, 5.74) is -3.91. The molecule has 0 aliphatic rings. The number of carbonyl (C=O) groups is 2. The highest BCUT2D eigenvalue weighted by Crippen LogP contribution is 2.50. The van der Waals surface area contributed by atoms with Crippen LogP contribution in [0.4, 0.5) is 30.5 Å². The fourth-order valence-corrected chi connectivity index (χ4v) is 4.71. The minimum absolute atomic E-state index is 0.0495. The van der Waals surface area contributed by atoms with Crippen molar-refractivity contribution < 1.29 is 38.1 Å². The first kappa shape index (κ1) is 29.7. The number of alkyl halides is 3. The highest BCUT2D eigenvalue weighted by atomic mass is 35.5. The van der Waals surface area contributed by atoms with Crippen molar-refractivity contribution in [1.82, 2.24) is 15.0 Å². The SMILES string of the molecule is CC(c1ccc(N(c2ccc(C(=O)O)cn2)c2ccc(C(=O)O)cn2)cc1Cl)C(O)(c1ccnc(Cl)c1)C(F)(F)F. The molecule has 3 aromatic heterocycles. The third-order valence-electron chi connectivity index (χ3n) is 6.38. The fourth-order valence-electron chi connectivity index (χ4n) is 4.20. The van der Waals surface area contributed by atoms with E-state index in [1.54, 1.807) is 0 Å². The smallest absolute Gasteiger partial charge is 0.422 e. The van der Waals surface area contributed by atoms with Gasteiger partial charge in [-0.15, -0.1) is 0 Å². The van der Waals surface area contributed by atoms with Crippen molar-refractivity contribution in [1.29, 1.82) is 0 Å². The minimum Gasteiger partial charge on any atom is -0.478 e. The predicted molar refractivity (Wildman–Crippen MR) is 143 cm³/mol. The molecule has 4 aromatic rings. The molecule has 9 nitrogen and oxygen atoms in total. The molecular formula is C27H19Cl2F3N4O5. The fraction of sp³-hybridized carbons (Fsp3) is 0.148. The van der Waals surface area contributed by atoms with Crippen molar-refractivity contribution in [3.8, 4) is 0 Å². The number of aromatic carboxylic acids is 2. The number of hydrogen-bond acceptors (Lipinski definition) is 7. The summed E-state index contributed by atoms with van der Waals surface area (Å²) in [5, 5.41) is 29.1. The van der Waals surface area contributed by atoms with Gasteiger partial charge in [0.2, 0.25) is 0 Å². The summed E-state index contributed by atoms with van der Waals surface area (Å²) in [4.78, 5) is 36.0. The molecule has 0 aliphatic carbocycles. The summed E-state index contributed by atoms with van der Waals surface area (Å²) >= 11 is 12.3. The van der Waals surface area contributed by atoms with E-state index in [4.69, 9.17) is 23.2 Å². The van der Waals surface area contributed by atoms with Crippen LogP contribution in [-0.4, -0.2) is 48.4 Å². The molecule has 14 heteroatoms.